The number of hydrogen-bond acceptors (Lipinski definition) is 9. The first-order chi connectivity index (χ1) is 17.3. The van der Waals surface area contributed by atoms with Crippen LogP contribution in [0.4, 0.5) is 11.4 Å². The number of aromatic nitrogens is 3. The van der Waals surface area contributed by atoms with Crippen molar-refractivity contribution in [2.24, 2.45) is 0 Å². The second kappa shape index (κ2) is 10.4. The second-order valence-corrected chi connectivity index (χ2v) is 8.48. The lowest BCUT2D eigenvalue weighted by atomic mass is 10.1. The van der Waals surface area contributed by atoms with Crippen LogP contribution >= 0.6 is 0 Å². The quantitative estimate of drug-likeness (QED) is 0.459. The molecular formula is C26H31N5O5. The fourth-order valence-electron chi connectivity index (χ4n) is 4.44. The van der Waals surface area contributed by atoms with Crippen molar-refractivity contribution in [2.45, 2.75) is 27.7 Å². The van der Waals surface area contributed by atoms with E-state index in [0.29, 0.717) is 16.7 Å². The molecule has 10 heteroatoms. The van der Waals surface area contributed by atoms with Crippen molar-refractivity contribution in [1.82, 2.24) is 15.0 Å². The Morgan fingerprint density at radius 3 is 2.19 bits per heavy atom. The summed E-state index contributed by atoms with van der Waals surface area (Å²) in [4.78, 5) is 30.5. The summed E-state index contributed by atoms with van der Waals surface area (Å²) in [5.74, 6) is -1.29. The fraction of sp³-hybridized carbons (Fsp3) is 0.385. The highest BCUT2D eigenvalue weighted by atomic mass is 16.5. The summed E-state index contributed by atoms with van der Waals surface area (Å²) in [6.07, 6.45) is 0. The van der Waals surface area contributed by atoms with Crippen LogP contribution in [0.1, 0.15) is 25.0 Å². The van der Waals surface area contributed by atoms with Gasteiger partial charge in [0.05, 0.1) is 32.1 Å². The minimum absolute atomic E-state index is 0.0478. The van der Waals surface area contributed by atoms with Crippen LogP contribution < -0.4 is 9.80 Å². The predicted octanol–water partition coefficient (Wildman–Crippen LogP) is 3.28. The molecule has 0 atom stereocenters. The largest absolute Gasteiger partial charge is 0.466 e. The molecule has 0 bridgehead atoms. The summed E-state index contributed by atoms with van der Waals surface area (Å²) in [5.41, 5.74) is 6.12. The zero-order chi connectivity index (χ0) is 26.0. The van der Waals surface area contributed by atoms with E-state index in [1.807, 2.05) is 32.0 Å². The van der Waals surface area contributed by atoms with Crippen LogP contribution in [0, 0.1) is 13.8 Å². The summed E-state index contributed by atoms with van der Waals surface area (Å²) in [5, 5.41) is 9.41. The Hall–Kier alpha value is -3.92. The highest BCUT2D eigenvalue weighted by Gasteiger charge is 2.33. The summed E-state index contributed by atoms with van der Waals surface area (Å²) in [6.45, 7) is 10.1. The van der Waals surface area contributed by atoms with Gasteiger partial charge in [-0.25, -0.2) is 9.59 Å². The molecule has 2 heterocycles. The number of carbonyl (C=O) groups is 2. The summed E-state index contributed by atoms with van der Waals surface area (Å²) < 4.78 is 15.5. The average molecular weight is 494 g/mol. The normalized spacial score (nSPS) is 13.8. The summed E-state index contributed by atoms with van der Waals surface area (Å²) in [6, 6.07) is 9.97. The molecule has 0 fully saturated rings. The molecule has 36 heavy (non-hydrogen) atoms. The Kier molecular flexibility index (Phi) is 7.25. The molecule has 0 amide bonds. The van der Waals surface area contributed by atoms with E-state index < -0.39 is 11.9 Å². The molecule has 1 aliphatic heterocycles. The van der Waals surface area contributed by atoms with Gasteiger partial charge in [0, 0.05) is 24.5 Å². The second-order valence-electron chi connectivity index (χ2n) is 8.48. The Balaban J connectivity index is 1.78. The maximum absolute atomic E-state index is 12.7. The molecule has 3 aromatic rings. The molecule has 0 N–H and O–H groups in total. The molecule has 0 aliphatic carbocycles. The zero-order valence-electron chi connectivity index (χ0n) is 21.5. The summed E-state index contributed by atoms with van der Waals surface area (Å²) in [7, 11) is 2.53. The third-order valence-corrected chi connectivity index (χ3v) is 6.35. The van der Waals surface area contributed by atoms with Gasteiger partial charge in [-0.15, -0.1) is 10.2 Å². The van der Waals surface area contributed by atoms with E-state index in [-0.39, 0.29) is 24.6 Å². The Labute approximate surface area is 210 Å². The van der Waals surface area contributed by atoms with Crippen molar-refractivity contribution in [3.05, 3.63) is 52.7 Å². The van der Waals surface area contributed by atoms with Crippen LogP contribution in [0.15, 0.2) is 41.6 Å². The number of benzene rings is 2. The number of aryl methyl sites for hydroxylation is 2. The molecule has 1 aliphatic rings. The molecule has 0 saturated heterocycles. The topological polar surface area (TPSA) is 99.0 Å². The van der Waals surface area contributed by atoms with Gasteiger partial charge in [0.25, 0.3) is 0 Å². The Morgan fingerprint density at radius 2 is 1.58 bits per heavy atom. The number of fused-ring (bicyclic) bond motifs is 1. The number of esters is 2. The van der Waals surface area contributed by atoms with Gasteiger partial charge in [-0.05, 0) is 69.2 Å². The van der Waals surface area contributed by atoms with E-state index in [0.717, 1.165) is 35.6 Å². The monoisotopic (exact) mass is 493 g/mol. The van der Waals surface area contributed by atoms with E-state index in [1.165, 1.54) is 14.2 Å². The van der Waals surface area contributed by atoms with Gasteiger partial charge in [0.15, 0.2) is 0 Å². The lowest BCUT2D eigenvalue weighted by Gasteiger charge is -2.32. The number of hydrogen-bond donors (Lipinski definition) is 0. The fourth-order valence-corrected chi connectivity index (χ4v) is 4.44. The van der Waals surface area contributed by atoms with Gasteiger partial charge in [-0.1, -0.05) is 0 Å². The van der Waals surface area contributed by atoms with Gasteiger partial charge in [-0.3, -0.25) is 0 Å². The standard InChI is InChI=1S/C26H31N5O5/c1-7-29(8-2)18-9-10-22(16(3)11-18)31-27-20-12-17(4)23(13-21(20)28-31)30-15-36-14-19(25(32)34-5)24(30)26(33)35-6/h9-13H,7-8,14-15H2,1-6H3. The van der Waals surface area contributed by atoms with E-state index in [9.17, 15) is 9.59 Å². The Morgan fingerprint density at radius 1 is 0.944 bits per heavy atom. The maximum atomic E-state index is 12.7. The summed E-state index contributed by atoms with van der Waals surface area (Å²) >= 11 is 0. The van der Waals surface area contributed by atoms with Gasteiger partial charge < -0.3 is 24.0 Å². The van der Waals surface area contributed by atoms with Crippen LogP contribution in [0.5, 0.6) is 0 Å². The molecule has 0 spiro atoms. The van der Waals surface area contributed by atoms with Crippen LogP contribution in [0.2, 0.25) is 0 Å². The van der Waals surface area contributed by atoms with E-state index in [4.69, 9.17) is 24.4 Å². The van der Waals surface area contributed by atoms with Crippen LogP contribution in [-0.2, 0) is 23.8 Å². The minimum Gasteiger partial charge on any atom is -0.466 e. The minimum atomic E-state index is -0.647. The van der Waals surface area contributed by atoms with E-state index in [1.54, 1.807) is 9.70 Å². The first-order valence-corrected chi connectivity index (χ1v) is 11.8. The molecule has 4 rings (SSSR count). The van der Waals surface area contributed by atoms with Crippen LogP contribution in [-0.4, -0.2) is 67.6 Å². The number of rotatable bonds is 7. The lowest BCUT2D eigenvalue weighted by Crippen LogP contribution is -2.39. The van der Waals surface area contributed by atoms with Crippen molar-refractivity contribution in [3.63, 3.8) is 0 Å². The smallest absolute Gasteiger partial charge is 0.355 e. The molecule has 2 aromatic carbocycles. The molecular weight excluding hydrogens is 462 g/mol. The number of carbonyl (C=O) groups excluding carboxylic acids is 2. The van der Waals surface area contributed by atoms with E-state index >= 15 is 0 Å². The number of ether oxygens (including phenoxy) is 3. The Bertz CT molecular complexity index is 1340. The van der Waals surface area contributed by atoms with Gasteiger partial charge in [-0.2, -0.15) is 4.80 Å². The average Bonchev–Trinajstić information content (AvgIpc) is 3.30. The van der Waals surface area contributed by atoms with Crippen molar-refractivity contribution < 1.29 is 23.8 Å². The van der Waals surface area contributed by atoms with Crippen LogP contribution in [0.25, 0.3) is 16.7 Å². The molecule has 190 valence electrons. The highest BCUT2D eigenvalue weighted by Crippen LogP contribution is 2.32. The molecule has 1 aromatic heterocycles. The number of nitrogens with zero attached hydrogens (tertiary/aromatic N) is 5. The van der Waals surface area contributed by atoms with Crippen molar-refractivity contribution in [2.75, 3.05) is 50.4 Å². The predicted molar refractivity (Wildman–Crippen MR) is 136 cm³/mol. The van der Waals surface area contributed by atoms with Gasteiger partial charge in [0.1, 0.15) is 23.5 Å². The lowest BCUT2D eigenvalue weighted by molar-refractivity contribution is -0.140. The third kappa shape index (κ3) is 4.51. The number of anilines is 2. The zero-order valence-corrected chi connectivity index (χ0v) is 21.5. The van der Waals surface area contributed by atoms with Crippen molar-refractivity contribution in [1.29, 1.82) is 0 Å². The van der Waals surface area contributed by atoms with Crippen molar-refractivity contribution in [3.8, 4) is 5.69 Å². The van der Waals surface area contributed by atoms with Crippen LogP contribution in [0.3, 0.4) is 0 Å². The molecule has 0 unspecified atom stereocenters. The SMILES string of the molecule is CCN(CC)c1ccc(-n2nc3cc(C)c(N4COCC(C(=O)OC)=C4C(=O)OC)cc3n2)c(C)c1. The van der Waals surface area contributed by atoms with Gasteiger partial charge in [0.2, 0.25) is 0 Å². The van der Waals surface area contributed by atoms with Crippen molar-refractivity contribution >= 4 is 34.3 Å². The highest BCUT2D eigenvalue weighted by molar-refractivity contribution is 6.04. The van der Waals surface area contributed by atoms with E-state index in [2.05, 4.69) is 30.9 Å². The maximum Gasteiger partial charge on any atom is 0.355 e. The third-order valence-electron chi connectivity index (χ3n) is 6.35. The van der Waals surface area contributed by atoms with Gasteiger partial charge >= 0.3 is 11.9 Å². The first-order valence-electron chi connectivity index (χ1n) is 11.8. The molecule has 0 radical (unpaired) electrons. The number of methoxy groups -OCH3 is 2. The molecule has 10 nitrogen and oxygen atoms in total. The first kappa shape index (κ1) is 25.2. The molecule has 0 saturated carbocycles.